The van der Waals surface area contributed by atoms with Gasteiger partial charge >= 0.3 is 0 Å². The molecule has 0 saturated heterocycles. The minimum atomic E-state index is -0.957. The summed E-state index contributed by atoms with van der Waals surface area (Å²) in [5.74, 6) is -1.66. The summed E-state index contributed by atoms with van der Waals surface area (Å²) >= 11 is 1.05. The molecule has 7 heteroatoms. The molecule has 2 rings (SSSR count). The lowest BCUT2D eigenvalue weighted by Gasteiger charge is -2.04. The summed E-state index contributed by atoms with van der Waals surface area (Å²) in [6.45, 7) is 0.0768. The zero-order valence-corrected chi connectivity index (χ0v) is 8.80. The molecule has 1 aromatic heterocycles. The van der Waals surface area contributed by atoms with Gasteiger partial charge in [0.2, 0.25) is 0 Å². The van der Waals surface area contributed by atoms with Crippen LogP contribution in [0.25, 0.3) is 0 Å². The van der Waals surface area contributed by atoms with Crippen molar-refractivity contribution in [3.05, 3.63) is 35.5 Å². The quantitative estimate of drug-likeness (QED) is 0.895. The molecule has 0 unspecified atom stereocenters. The number of halogens is 2. The lowest BCUT2D eigenvalue weighted by Crippen LogP contribution is -1.99. The molecule has 0 aliphatic carbocycles. The number of nitrogens with two attached hydrogens (primary N) is 1. The van der Waals surface area contributed by atoms with Gasteiger partial charge in [-0.3, -0.25) is 0 Å². The molecule has 0 radical (unpaired) electrons. The fourth-order valence-electron chi connectivity index (χ4n) is 1.03. The summed E-state index contributed by atoms with van der Waals surface area (Å²) in [4.78, 5) is 0. The van der Waals surface area contributed by atoms with Crippen LogP contribution in [0, 0.1) is 11.6 Å². The van der Waals surface area contributed by atoms with Gasteiger partial charge in [-0.25, -0.2) is 8.78 Å². The van der Waals surface area contributed by atoms with E-state index >= 15 is 0 Å². The predicted molar refractivity (Wildman–Crippen MR) is 55.0 cm³/mol. The second-order valence-electron chi connectivity index (χ2n) is 2.95. The topological polar surface area (TPSA) is 61.0 Å². The Bertz CT molecular complexity index is 503. The molecule has 0 aliphatic heterocycles. The Balaban J connectivity index is 2.05. The van der Waals surface area contributed by atoms with Crippen LogP contribution in [0.3, 0.4) is 0 Å². The number of aromatic nitrogens is 2. The van der Waals surface area contributed by atoms with Crippen molar-refractivity contribution in [1.29, 1.82) is 0 Å². The second-order valence-corrected chi connectivity index (χ2v) is 3.73. The monoisotopic (exact) mass is 243 g/mol. The Hall–Kier alpha value is -1.76. The van der Waals surface area contributed by atoms with E-state index in [1.165, 1.54) is 6.07 Å². The molecule has 4 nitrogen and oxygen atoms in total. The third-order valence-electron chi connectivity index (χ3n) is 1.85. The molecule has 0 atom stereocenters. The van der Waals surface area contributed by atoms with Gasteiger partial charge in [-0.1, -0.05) is 4.49 Å². The lowest BCUT2D eigenvalue weighted by atomic mass is 10.3. The van der Waals surface area contributed by atoms with Crippen molar-refractivity contribution in [2.24, 2.45) is 0 Å². The first-order valence-electron chi connectivity index (χ1n) is 4.31. The van der Waals surface area contributed by atoms with Crippen LogP contribution in [0.4, 0.5) is 13.8 Å². The smallest absolute Gasteiger partial charge is 0.162 e. The maximum atomic E-state index is 12.8. The molecule has 2 N–H and O–H groups in total. The molecule has 0 aliphatic rings. The molecule has 0 bridgehead atoms. The molecule has 1 aromatic carbocycles. The zero-order chi connectivity index (χ0) is 11.5. The van der Waals surface area contributed by atoms with Crippen LogP contribution >= 0.6 is 11.5 Å². The van der Waals surface area contributed by atoms with E-state index < -0.39 is 11.6 Å². The highest BCUT2D eigenvalue weighted by atomic mass is 32.1. The van der Waals surface area contributed by atoms with Crippen molar-refractivity contribution in [2.75, 3.05) is 5.73 Å². The standard InChI is InChI=1S/C9H7F2N3OS/c10-6-2-1-5(3-7(6)11)15-4-8-9(12)16-14-13-8/h1-3H,4,12H2. The van der Waals surface area contributed by atoms with E-state index in [9.17, 15) is 8.78 Å². The number of hydrogen-bond acceptors (Lipinski definition) is 5. The number of anilines is 1. The molecule has 84 valence electrons. The van der Waals surface area contributed by atoms with Crippen molar-refractivity contribution < 1.29 is 13.5 Å². The van der Waals surface area contributed by atoms with Crippen molar-refractivity contribution in [3.63, 3.8) is 0 Å². The Morgan fingerprint density at radius 1 is 1.31 bits per heavy atom. The molecule has 2 aromatic rings. The van der Waals surface area contributed by atoms with E-state index in [1.807, 2.05) is 0 Å². The van der Waals surface area contributed by atoms with Crippen LogP contribution in [0.2, 0.25) is 0 Å². The first-order chi connectivity index (χ1) is 7.66. The van der Waals surface area contributed by atoms with Gasteiger partial charge in [0.15, 0.2) is 11.6 Å². The summed E-state index contributed by atoms with van der Waals surface area (Å²) in [7, 11) is 0. The van der Waals surface area contributed by atoms with Crippen molar-refractivity contribution in [2.45, 2.75) is 6.61 Å². The summed E-state index contributed by atoms with van der Waals surface area (Å²) in [5, 5.41) is 4.17. The molecule has 16 heavy (non-hydrogen) atoms. The van der Waals surface area contributed by atoms with E-state index in [0.717, 1.165) is 23.7 Å². The average molecular weight is 243 g/mol. The fraction of sp³-hybridized carbons (Fsp3) is 0.111. The third kappa shape index (κ3) is 2.25. The van der Waals surface area contributed by atoms with Gasteiger partial charge in [0.1, 0.15) is 23.1 Å². The van der Waals surface area contributed by atoms with Crippen LogP contribution in [0.1, 0.15) is 5.69 Å². The van der Waals surface area contributed by atoms with E-state index in [0.29, 0.717) is 10.7 Å². The number of nitrogens with zero attached hydrogens (tertiary/aromatic N) is 2. The van der Waals surface area contributed by atoms with Crippen LogP contribution in [-0.2, 0) is 6.61 Å². The second kappa shape index (κ2) is 4.40. The Morgan fingerprint density at radius 3 is 2.75 bits per heavy atom. The summed E-state index contributed by atoms with van der Waals surface area (Å²) in [5.41, 5.74) is 6.02. The van der Waals surface area contributed by atoms with E-state index in [1.54, 1.807) is 0 Å². The molecule has 1 heterocycles. The van der Waals surface area contributed by atoms with Crippen LogP contribution in [0.15, 0.2) is 18.2 Å². The van der Waals surface area contributed by atoms with Gasteiger partial charge in [0.25, 0.3) is 0 Å². The average Bonchev–Trinajstić information content (AvgIpc) is 2.66. The zero-order valence-electron chi connectivity index (χ0n) is 7.98. The SMILES string of the molecule is Nc1snnc1COc1ccc(F)c(F)c1. The van der Waals surface area contributed by atoms with Crippen molar-refractivity contribution in [1.82, 2.24) is 9.59 Å². The van der Waals surface area contributed by atoms with Gasteiger partial charge in [-0.2, -0.15) is 0 Å². The van der Waals surface area contributed by atoms with E-state index in [4.69, 9.17) is 10.5 Å². The normalized spacial score (nSPS) is 10.4. The third-order valence-corrected chi connectivity index (χ3v) is 2.45. The molecular weight excluding hydrogens is 236 g/mol. The van der Waals surface area contributed by atoms with E-state index in [-0.39, 0.29) is 12.4 Å². The Morgan fingerprint density at radius 2 is 2.12 bits per heavy atom. The molecule has 0 spiro atoms. The summed E-state index contributed by atoms with van der Waals surface area (Å²) in [6.07, 6.45) is 0. The summed E-state index contributed by atoms with van der Waals surface area (Å²) in [6, 6.07) is 3.28. The largest absolute Gasteiger partial charge is 0.487 e. The minimum absolute atomic E-state index is 0.0768. The Kier molecular flexibility index (Phi) is 2.95. The number of hydrogen-bond donors (Lipinski definition) is 1. The van der Waals surface area contributed by atoms with Gasteiger partial charge in [0, 0.05) is 17.6 Å². The molecule has 0 saturated carbocycles. The maximum absolute atomic E-state index is 12.8. The number of ether oxygens (including phenoxy) is 1. The lowest BCUT2D eigenvalue weighted by molar-refractivity contribution is 0.299. The van der Waals surface area contributed by atoms with Gasteiger partial charge < -0.3 is 10.5 Å². The van der Waals surface area contributed by atoms with Gasteiger partial charge in [-0.05, 0) is 12.1 Å². The van der Waals surface area contributed by atoms with Crippen LogP contribution in [0.5, 0.6) is 5.75 Å². The first-order valence-corrected chi connectivity index (χ1v) is 5.08. The highest BCUT2D eigenvalue weighted by Crippen LogP contribution is 2.18. The molecular formula is C9H7F2N3OS. The molecule has 0 fully saturated rings. The van der Waals surface area contributed by atoms with Gasteiger partial charge in [-0.15, -0.1) is 5.10 Å². The van der Waals surface area contributed by atoms with Crippen LogP contribution in [-0.4, -0.2) is 9.59 Å². The first kappa shape index (κ1) is 10.7. The minimum Gasteiger partial charge on any atom is -0.487 e. The molecule has 0 amide bonds. The maximum Gasteiger partial charge on any atom is 0.162 e. The highest BCUT2D eigenvalue weighted by Gasteiger charge is 2.07. The highest BCUT2D eigenvalue weighted by molar-refractivity contribution is 7.09. The fourth-order valence-corrected chi connectivity index (χ4v) is 1.47. The van der Waals surface area contributed by atoms with Crippen LogP contribution < -0.4 is 10.5 Å². The Labute approximate surface area is 93.8 Å². The predicted octanol–water partition coefficient (Wildman–Crippen LogP) is 1.98. The van der Waals surface area contributed by atoms with Gasteiger partial charge in [0.05, 0.1) is 0 Å². The van der Waals surface area contributed by atoms with Crippen molar-refractivity contribution >= 4 is 16.5 Å². The van der Waals surface area contributed by atoms with E-state index in [2.05, 4.69) is 9.59 Å². The number of rotatable bonds is 3. The number of benzene rings is 1. The number of nitrogen functional groups attached to an aromatic ring is 1. The van der Waals surface area contributed by atoms with Crippen molar-refractivity contribution in [3.8, 4) is 5.75 Å². The summed E-state index contributed by atoms with van der Waals surface area (Å²) < 4.78 is 34.2.